The van der Waals surface area contributed by atoms with Gasteiger partial charge in [0.05, 0.1) is 18.2 Å². The van der Waals surface area contributed by atoms with Crippen molar-refractivity contribution >= 4 is 23.7 Å². The molecule has 0 radical (unpaired) electrons. The lowest BCUT2D eigenvalue weighted by molar-refractivity contribution is -0.186. The van der Waals surface area contributed by atoms with Crippen molar-refractivity contribution < 1.29 is 24.0 Å². The summed E-state index contributed by atoms with van der Waals surface area (Å²) in [6.07, 6.45) is 2.67. The maximum absolute atomic E-state index is 12.5. The topological polar surface area (TPSA) is 108 Å². The number of allylic oxidation sites excluding steroid dienone is 1. The van der Waals surface area contributed by atoms with Crippen molar-refractivity contribution in [3.8, 4) is 0 Å². The van der Waals surface area contributed by atoms with Gasteiger partial charge in [0, 0.05) is 32.5 Å². The summed E-state index contributed by atoms with van der Waals surface area (Å²) >= 11 is 0. The van der Waals surface area contributed by atoms with Crippen LogP contribution in [0.5, 0.6) is 0 Å². The van der Waals surface area contributed by atoms with Gasteiger partial charge in [-0.25, -0.2) is 4.79 Å². The van der Waals surface area contributed by atoms with Crippen molar-refractivity contribution in [2.45, 2.75) is 65.3 Å². The summed E-state index contributed by atoms with van der Waals surface area (Å²) in [6, 6.07) is -0.134. The Balaban J connectivity index is 1.60. The second-order valence-electron chi connectivity index (χ2n) is 9.05. The standard InChI is InChI=1S/C21H34N4O5/c1-15-7-8-18(27)25(15)30-19(28)10-12-22-17(26)9-11-23-20(29)16-6-5-13-24(16)14-21(2,3)4/h16H,1,5-14H2,2-4H3,(H,22,26)(H,23,29)/i2+1,3+1,4+1,5+1,6+1,13+1,14+1,16+1,24+1. The lowest BCUT2D eigenvalue weighted by atomic mass is 10.3. The first-order chi connectivity index (χ1) is 14.1. The SMILES string of the molecule is C=C1CCC(=O)N1OC(=O)CCNC(=O)CCNC(=O)[13CH]1[13CH2][13CH2][13CH2][15N]1[13CH2]C([13CH3])([13CH3])[13CH3]. The third-order valence-electron chi connectivity index (χ3n) is 4.98. The number of carbonyl (C=O) groups is 4. The van der Waals surface area contributed by atoms with Crippen LogP contribution in [0.3, 0.4) is 0 Å². The summed E-state index contributed by atoms with van der Waals surface area (Å²) in [5, 5.41) is 6.38. The van der Waals surface area contributed by atoms with Gasteiger partial charge in [-0.2, -0.15) is 0 Å². The molecule has 3 amide bonds. The number of hydrogen-bond donors (Lipinski definition) is 2. The normalized spacial score (nSPS) is 19.8. The third kappa shape index (κ3) is 7.44. The van der Waals surface area contributed by atoms with Crippen LogP contribution in [-0.4, -0.2) is 65.9 Å². The fourth-order valence-electron chi connectivity index (χ4n) is 3.62. The predicted octanol–water partition coefficient (Wildman–Crippen LogP) is 1.10. The van der Waals surface area contributed by atoms with Crippen LogP contribution in [0, 0.1) is 5.41 Å². The van der Waals surface area contributed by atoms with Crippen LogP contribution in [0.1, 0.15) is 59.3 Å². The zero-order valence-electron chi connectivity index (χ0n) is 18.3. The van der Waals surface area contributed by atoms with Gasteiger partial charge in [-0.15, -0.1) is 5.06 Å². The van der Waals surface area contributed by atoms with Gasteiger partial charge in [-0.1, -0.05) is 27.4 Å². The van der Waals surface area contributed by atoms with Crippen molar-refractivity contribution in [2.75, 3.05) is 26.2 Å². The van der Waals surface area contributed by atoms with E-state index in [4.69, 9.17) is 4.84 Å². The van der Waals surface area contributed by atoms with Crippen LogP contribution in [-0.2, 0) is 24.0 Å². The second-order valence-corrected chi connectivity index (χ2v) is 9.05. The van der Waals surface area contributed by atoms with Crippen LogP contribution in [0.4, 0.5) is 0 Å². The van der Waals surface area contributed by atoms with E-state index in [0.29, 0.717) is 12.1 Å². The fraction of sp³-hybridized carbons (Fsp3) is 0.714. The monoisotopic (exact) mass is 431 g/mol. The van der Waals surface area contributed by atoms with Crippen LogP contribution < -0.4 is 10.6 Å². The van der Waals surface area contributed by atoms with E-state index in [0.717, 1.165) is 31.0 Å². The van der Waals surface area contributed by atoms with E-state index in [1.54, 1.807) is 0 Å². The highest BCUT2D eigenvalue weighted by Crippen LogP contribution is 2.24. The molecule has 0 spiro atoms. The molecule has 0 aromatic rings. The Morgan fingerprint density at radius 1 is 1.13 bits per heavy atom. The van der Waals surface area contributed by atoms with E-state index < -0.39 is 5.97 Å². The molecule has 2 rings (SSSR count). The summed E-state index contributed by atoms with van der Waals surface area (Å²) in [5.41, 5.74) is 0.579. The van der Waals surface area contributed by atoms with Gasteiger partial charge in [0.2, 0.25) is 11.8 Å². The molecule has 0 bridgehead atoms. The first-order valence-electron chi connectivity index (χ1n) is 10.6. The summed E-state index contributed by atoms with van der Waals surface area (Å²) in [7, 11) is 0. The Bertz CT molecular complexity index is 669. The molecule has 168 valence electrons. The highest BCUT2D eigenvalue weighted by atomic mass is 16.7. The number of carbonyl (C=O) groups excluding carboxylic acids is 4. The maximum Gasteiger partial charge on any atom is 0.334 e. The zero-order valence-corrected chi connectivity index (χ0v) is 18.3. The van der Waals surface area contributed by atoms with Gasteiger partial charge >= 0.3 is 5.97 Å². The van der Waals surface area contributed by atoms with E-state index in [2.05, 4.69) is 42.9 Å². The van der Waals surface area contributed by atoms with Gasteiger partial charge in [-0.05, 0) is 31.2 Å². The second kappa shape index (κ2) is 10.6. The molecular weight excluding hydrogens is 397 g/mol. The molecule has 2 saturated heterocycles. The molecule has 0 aromatic carbocycles. The minimum Gasteiger partial charge on any atom is -0.355 e. The molecule has 2 fully saturated rings. The Morgan fingerprint density at radius 3 is 2.47 bits per heavy atom. The molecule has 0 saturated carbocycles. The fourth-order valence-corrected chi connectivity index (χ4v) is 3.62. The van der Waals surface area contributed by atoms with E-state index >= 15 is 0 Å². The van der Waals surface area contributed by atoms with Gasteiger partial charge in [-0.3, -0.25) is 19.3 Å². The maximum atomic E-state index is 12.5. The molecule has 1 unspecified atom stereocenters. The van der Waals surface area contributed by atoms with Crippen molar-refractivity contribution in [3.05, 3.63) is 12.3 Å². The van der Waals surface area contributed by atoms with Crippen LogP contribution in [0.25, 0.3) is 0 Å². The summed E-state index contributed by atoms with van der Waals surface area (Å²) in [6.45, 7) is 12.2. The number of rotatable bonds is 9. The van der Waals surface area contributed by atoms with Crippen LogP contribution in [0.15, 0.2) is 12.3 Å². The van der Waals surface area contributed by atoms with E-state index in [1.165, 1.54) is 0 Å². The summed E-state index contributed by atoms with van der Waals surface area (Å²) in [4.78, 5) is 54.9. The Labute approximate surface area is 178 Å². The van der Waals surface area contributed by atoms with E-state index in [9.17, 15) is 19.2 Å². The number of likely N-dealkylation sites (tertiary alicyclic amines) is 1. The number of nitrogens with one attached hydrogen (secondary N) is 2. The molecule has 2 heterocycles. The number of amides is 3. The first-order valence-corrected chi connectivity index (χ1v) is 10.6. The lowest BCUT2D eigenvalue weighted by Crippen LogP contribution is -2.46. The average Bonchev–Trinajstić information content (AvgIpc) is 3.21. The van der Waals surface area contributed by atoms with Gasteiger partial charge < -0.3 is 15.5 Å². The number of hydrogen-bond acceptors (Lipinski definition) is 6. The summed E-state index contributed by atoms with van der Waals surface area (Å²) in [5.74, 6) is -1.21. The van der Waals surface area contributed by atoms with Crippen molar-refractivity contribution in [2.24, 2.45) is 5.41 Å². The molecule has 9 nitrogen and oxygen atoms in total. The van der Waals surface area contributed by atoms with E-state index in [-0.39, 0.29) is 61.5 Å². The smallest absolute Gasteiger partial charge is 0.334 e. The lowest BCUT2D eigenvalue weighted by Gasteiger charge is -2.30. The van der Waals surface area contributed by atoms with Crippen molar-refractivity contribution in [1.82, 2.24) is 20.6 Å². The Morgan fingerprint density at radius 2 is 1.83 bits per heavy atom. The van der Waals surface area contributed by atoms with Gasteiger partial charge in [0.25, 0.3) is 5.91 Å². The predicted molar refractivity (Wildman–Crippen MR) is 111 cm³/mol. The quantitative estimate of drug-likeness (QED) is 0.418. The third-order valence-corrected chi connectivity index (χ3v) is 4.98. The van der Waals surface area contributed by atoms with Crippen molar-refractivity contribution in [3.63, 3.8) is 0 Å². The Hall–Kier alpha value is -2.42. The average molecular weight is 431 g/mol. The highest BCUT2D eigenvalue weighted by Gasteiger charge is 2.32. The number of hydroxylamine groups is 2. The molecule has 1 atom stereocenters. The highest BCUT2D eigenvalue weighted by molar-refractivity contribution is 5.83. The van der Waals surface area contributed by atoms with Crippen LogP contribution >= 0.6 is 0 Å². The molecular formula is C21H34N4O5. The largest absolute Gasteiger partial charge is 0.355 e. The van der Waals surface area contributed by atoms with Gasteiger partial charge in [0.1, 0.15) is 0 Å². The molecule has 30 heavy (non-hydrogen) atoms. The molecule has 0 aromatic heterocycles. The minimum absolute atomic E-state index is 0.0383. The van der Waals surface area contributed by atoms with Crippen LogP contribution in [0.2, 0.25) is 0 Å². The zero-order chi connectivity index (χ0) is 22.3. The molecule has 2 aliphatic heterocycles. The first kappa shape index (κ1) is 23.9. The molecule has 9 heteroatoms. The molecule has 0 aliphatic carbocycles. The van der Waals surface area contributed by atoms with Crippen molar-refractivity contribution in [1.29, 1.82) is 0 Å². The van der Waals surface area contributed by atoms with Gasteiger partial charge in [0.15, 0.2) is 0 Å². The Kier molecular flexibility index (Phi) is 8.40. The number of nitrogens with zero attached hydrogens (tertiary/aromatic N) is 2. The minimum atomic E-state index is -0.611. The molecule has 2 aliphatic rings. The van der Waals surface area contributed by atoms with E-state index in [1.807, 2.05) is 0 Å². The summed E-state index contributed by atoms with van der Waals surface area (Å²) < 4.78 is 0. The molecule has 2 N–H and O–H groups in total.